The number of hydrogen-bond donors (Lipinski definition) is 2. The van der Waals surface area contributed by atoms with Gasteiger partial charge in [0, 0.05) is 17.5 Å². The Morgan fingerprint density at radius 3 is 2.13 bits per heavy atom. The minimum Gasteiger partial charge on any atom is -0.494 e. The number of anilines is 2. The average Bonchev–Trinajstić information content (AvgIpc) is 2.87. The molecule has 2 amide bonds. The van der Waals surface area contributed by atoms with E-state index in [1.54, 1.807) is 60.7 Å². The van der Waals surface area contributed by atoms with E-state index in [1.807, 2.05) is 6.92 Å². The summed E-state index contributed by atoms with van der Waals surface area (Å²) in [6, 6.07) is 20.1. The van der Waals surface area contributed by atoms with Crippen LogP contribution in [-0.4, -0.2) is 18.4 Å². The van der Waals surface area contributed by atoms with Crippen LogP contribution in [0.3, 0.4) is 0 Å². The van der Waals surface area contributed by atoms with Crippen molar-refractivity contribution in [2.75, 3.05) is 17.2 Å². The molecular weight excluding hydrogens is 495 g/mol. The highest BCUT2D eigenvalue weighted by Crippen LogP contribution is 2.32. The van der Waals surface area contributed by atoms with Gasteiger partial charge in [-0.05, 0) is 66.1 Å². The molecule has 0 atom stereocenters. The number of nitrogens with one attached hydrogen (secondary N) is 2. The summed E-state index contributed by atoms with van der Waals surface area (Å²) in [7, 11) is 0. The Morgan fingerprint density at radius 1 is 0.947 bits per heavy atom. The monoisotopic (exact) mass is 519 g/mol. The fourth-order valence-electron chi connectivity index (χ4n) is 3.46. The number of rotatable bonds is 9. The van der Waals surface area contributed by atoms with E-state index in [-0.39, 0.29) is 6.42 Å². The number of halogens is 3. The second kappa shape index (κ2) is 12.9. The van der Waals surface area contributed by atoms with Crippen molar-refractivity contribution >= 4 is 28.8 Å². The lowest BCUT2D eigenvalue weighted by molar-refractivity contribution is -0.137. The van der Waals surface area contributed by atoms with Crippen LogP contribution in [0.5, 0.6) is 5.75 Å². The molecule has 0 heterocycles. The van der Waals surface area contributed by atoms with E-state index in [1.165, 1.54) is 24.3 Å². The first-order valence-electron chi connectivity index (χ1n) is 11.6. The predicted molar refractivity (Wildman–Crippen MR) is 139 cm³/mol. The second-order valence-corrected chi connectivity index (χ2v) is 7.93. The maximum atomic E-state index is 13.0. The SMILES string of the molecule is CCOc1ccc(C(=CC=CC(=O)Nc2cccc(NC(=O)CC#N)c2)c2ccc(C(F)(F)F)cc2)cc1. The van der Waals surface area contributed by atoms with Crippen molar-refractivity contribution in [3.05, 3.63) is 108 Å². The lowest BCUT2D eigenvalue weighted by Gasteiger charge is -2.12. The molecule has 0 aromatic heterocycles. The Bertz CT molecular complexity index is 1370. The molecule has 0 spiro atoms. The summed E-state index contributed by atoms with van der Waals surface area (Å²) in [5.74, 6) is -0.268. The number of alkyl halides is 3. The normalized spacial score (nSPS) is 11.6. The summed E-state index contributed by atoms with van der Waals surface area (Å²) >= 11 is 0. The van der Waals surface area contributed by atoms with E-state index in [0.29, 0.717) is 34.9 Å². The number of ether oxygens (including phenoxy) is 1. The predicted octanol–water partition coefficient (Wildman–Crippen LogP) is 6.58. The number of carbonyl (C=O) groups excluding carboxylic acids is 2. The lowest BCUT2D eigenvalue weighted by Crippen LogP contribution is -2.11. The van der Waals surface area contributed by atoms with Gasteiger partial charge < -0.3 is 15.4 Å². The molecule has 0 aliphatic rings. The maximum Gasteiger partial charge on any atom is 0.416 e. The third-order valence-electron chi connectivity index (χ3n) is 5.16. The van der Waals surface area contributed by atoms with Gasteiger partial charge in [-0.3, -0.25) is 9.59 Å². The molecule has 0 radical (unpaired) electrons. The number of amides is 2. The van der Waals surface area contributed by atoms with Crippen molar-refractivity contribution in [1.29, 1.82) is 5.26 Å². The molecule has 0 saturated carbocycles. The van der Waals surface area contributed by atoms with Crippen molar-refractivity contribution < 1.29 is 27.5 Å². The number of carbonyl (C=O) groups is 2. The quantitative estimate of drug-likeness (QED) is 0.247. The van der Waals surface area contributed by atoms with Gasteiger partial charge in [-0.25, -0.2) is 0 Å². The van der Waals surface area contributed by atoms with Crippen molar-refractivity contribution in [3.63, 3.8) is 0 Å². The zero-order valence-electron chi connectivity index (χ0n) is 20.4. The van der Waals surface area contributed by atoms with Crippen LogP contribution in [0, 0.1) is 11.3 Å². The molecule has 0 fully saturated rings. The van der Waals surface area contributed by atoms with E-state index >= 15 is 0 Å². The third-order valence-corrected chi connectivity index (χ3v) is 5.16. The van der Waals surface area contributed by atoms with Crippen LogP contribution in [0.15, 0.2) is 91.0 Å². The summed E-state index contributed by atoms with van der Waals surface area (Å²) < 4.78 is 44.6. The van der Waals surface area contributed by atoms with Crippen molar-refractivity contribution in [2.24, 2.45) is 0 Å². The van der Waals surface area contributed by atoms with Gasteiger partial charge in [0.2, 0.25) is 11.8 Å². The molecule has 38 heavy (non-hydrogen) atoms. The molecule has 194 valence electrons. The zero-order valence-corrected chi connectivity index (χ0v) is 20.4. The van der Waals surface area contributed by atoms with Crippen LogP contribution in [-0.2, 0) is 15.8 Å². The first-order chi connectivity index (χ1) is 18.2. The molecule has 2 N–H and O–H groups in total. The van der Waals surface area contributed by atoms with Crippen molar-refractivity contribution in [1.82, 2.24) is 0 Å². The highest BCUT2D eigenvalue weighted by molar-refractivity contribution is 6.00. The summed E-state index contributed by atoms with van der Waals surface area (Å²) in [5, 5.41) is 13.8. The fourth-order valence-corrected chi connectivity index (χ4v) is 3.46. The van der Waals surface area contributed by atoms with Crippen LogP contribution in [0.4, 0.5) is 24.5 Å². The number of hydrogen-bond acceptors (Lipinski definition) is 4. The van der Waals surface area contributed by atoms with E-state index in [0.717, 1.165) is 17.7 Å². The van der Waals surface area contributed by atoms with E-state index < -0.39 is 23.6 Å². The Morgan fingerprint density at radius 2 is 1.55 bits per heavy atom. The Kier molecular flexibility index (Phi) is 9.43. The van der Waals surface area contributed by atoms with Gasteiger partial charge >= 0.3 is 6.18 Å². The number of nitriles is 1. The first-order valence-corrected chi connectivity index (χ1v) is 11.6. The van der Waals surface area contributed by atoms with Gasteiger partial charge in [0.15, 0.2) is 0 Å². The van der Waals surface area contributed by atoms with Crippen LogP contribution in [0.2, 0.25) is 0 Å². The number of allylic oxidation sites excluding steroid dienone is 2. The molecule has 3 aromatic carbocycles. The molecule has 0 bridgehead atoms. The molecule has 6 nitrogen and oxygen atoms in total. The van der Waals surface area contributed by atoms with Crippen LogP contribution >= 0.6 is 0 Å². The topological polar surface area (TPSA) is 91.2 Å². The standard InChI is InChI=1S/C29H24F3N3O3/c1-2-38-25-15-11-21(12-16-25)26(20-9-13-22(14-10-20)29(30,31)32)7-4-8-27(36)34-23-5-3-6-24(19-23)35-28(37)17-18-33/h3-16,19H,2,17H2,1H3,(H,34,36)(H,35,37). The van der Waals surface area contributed by atoms with Crippen LogP contribution < -0.4 is 15.4 Å². The molecule has 3 rings (SSSR count). The second-order valence-electron chi connectivity index (χ2n) is 7.93. The van der Waals surface area contributed by atoms with Gasteiger partial charge in [-0.15, -0.1) is 0 Å². The Hall–Kier alpha value is -4.84. The molecule has 0 aliphatic heterocycles. The maximum absolute atomic E-state index is 13.0. The van der Waals surface area contributed by atoms with Crippen molar-refractivity contribution in [2.45, 2.75) is 19.5 Å². The minimum atomic E-state index is -4.45. The van der Waals surface area contributed by atoms with E-state index in [9.17, 15) is 22.8 Å². The zero-order chi connectivity index (χ0) is 27.5. The molecule has 9 heteroatoms. The van der Waals surface area contributed by atoms with Gasteiger partial charge in [0.05, 0.1) is 18.2 Å². The van der Waals surface area contributed by atoms with Gasteiger partial charge in [0.25, 0.3) is 0 Å². The molecular formula is C29H24F3N3O3. The minimum absolute atomic E-state index is 0.290. The molecule has 0 unspecified atom stereocenters. The summed E-state index contributed by atoms with van der Waals surface area (Å²) in [5.41, 5.74) is 1.95. The van der Waals surface area contributed by atoms with Gasteiger partial charge in [-0.1, -0.05) is 42.5 Å². The number of nitrogens with zero attached hydrogens (tertiary/aromatic N) is 1. The van der Waals surface area contributed by atoms with Crippen molar-refractivity contribution in [3.8, 4) is 11.8 Å². The molecule has 0 saturated heterocycles. The van der Waals surface area contributed by atoms with Gasteiger partial charge in [0.1, 0.15) is 12.2 Å². The summed E-state index contributed by atoms with van der Waals surface area (Å²) in [6.07, 6.45) is -0.329. The Labute approximate surface area is 218 Å². The van der Waals surface area contributed by atoms with Crippen LogP contribution in [0.25, 0.3) is 5.57 Å². The van der Waals surface area contributed by atoms with Crippen LogP contribution in [0.1, 0.15) is 30.0 Å². The van der Waals surface area contributed by atoms with E-state index in [2.05, 4.69) is 10.6 Å². The fraction of sp³-hybridized carbons (Fsp3) is 0.138. The highest BCUT2D eigenvalue weighted by atomic mass is 19.4. The highest BCUT2D eigenvalue weighted by Gasteiger charge is 2.30. The van der Waals surface area contributed by atoms with E-state index in [4.69, 9.17) is 10.00 Å². The largest absolute Gasteiger partial charge is 0.494 e. The summed E-state index contributed by atoms with van der Waals surface area (Å²) in [6.45, 7) is 2.35. The summed E-state index contributed by atoms with van der Waals surface area (Å²) in [4.78, 5) is 24.1. The first kappa shape index (κ1) is 27.7. The average molecular weight is 520 g/mol. The Balaban J connectivity index is 1.81. The molecule has 3 aromatic rings. The molecule has 0 aliphatic carbocycles. The third kappa shape index (κ3) is 8.10. The smallest absolute Gasteiger partial charge is 0.416 e. The lowest BCUT2D eigenvalue weighted by atomic mass is 9.96. The van der Waals surface area contributed by atoms with Gasteiger partial charge in [-0.2, -0.15) is 18.4 Å². The number of benzene rings is 3.